The van der Waals surface area contributed by atoms with Crippen molar-refractivity contribution < 1.29 is 4.39 Å². The molecular weight excluding hydrogens is 307 g/mol. The summed E-state index contributed by atoms with van der Waals surface area (Å²) in [5, 5.41) is 3.30. The Morgan fingerprint density at radius 1 is 1.21 bits per heavy atom. The maximum absolute atomic E-state index is 13.2. The molecule has 0 spiro atoms. The summed E-state index contributed by atoms with van der Waals surface area (Å²) in [4.78, 5) is 4.37. The molecule has 0 saturated heterocycles. The number of hydrogen-bond acceptors (Lipinski definition) is 2. The molecule has 19 heavy (non-hydrogen) atoms. The second-order valence-electron chi connectivity index (χ2n) is 4.30. The van der Waals surface area contributed by atoms with Crippen LogP contribution in [0, 0.1) is 5.82 Å². The van der Waals surface area contributed by atoms with E-state index in [4.69, 9.17) is 0 Å². The Balaban J connectivity index is 1.98. The molecule has 0 fully saturated rings. The number of benzene rings is 1. The van der Waals surface area contributed by atoms with Crippen molar-refractivity contribution in [2.75, 3.05) is 0 Å². The third-order valence-electron chi connectivity index (χ3n) is 2.98. The van der Waals surface area contributed by atoms with Gasteiger partial charge in [0.2, 0.25) is 0 Å². The van der Waals surface area contributed by atoms with E-state index in [-0.39, 0.29) is 5.82 Å². The number of nitrogens with zero attached hydrogens (tertiary/aromatic N) is 1. The van der Waals surface area contributed by atoms with Crippen LogP contribution in [0.4, 0.5) is 4.39 Å². The third kappa shape index (κ3) is 3.85. The number of aryl methyl sites for hydroxylation is 1. The minimum Gasteiger partial charge on any atom is -0.307 e. The van der Waals surface area contributed by atoms with Crippen molar-refractivity contribution in [2.24, 2.45) is 0 Å². The summed E-state index contributed by atoms with van der Waals surface area (Å²) >= 11 is 3.42. The van der Waals surface area contributed by atoms with Crippen molar-refractivity contribution in [1.82, 2.24) is 10.3 Å². The zero-order valence-electron chi connectivity index (χ0n) is 10.8. The lowest BCUT2D eigenvalue weighted by atomic mass is 10.1. The van der Waals surface area contributed by atoms with Gasteiger partial charge in [0.1, 0.15) is 5.82 Å². The highest BCUT2D eigenvalue weighted by atomic mass is 79.9. The van der Waals surface area contributed by atoms with Gasteiger partial charge in [0.15, 0.2) is 0 Å². The molecule has 0 atom stereocenters. The average Bonchev–Trinajstić information content (AvgIpc) is 2.43. The zero-order chi connectivity index (χ0) is 13.7. The van der Waals surface area contributed by atoms with Gasteiger partial charge in [-0.05, 0) is 41.8 Å². The first-order chi connectivity index (χ1) is 9.20. The van der Waals surface area contributed by atoms with Crippen LogP contribution in [0.25, 0.3) is 0 Å². The van der Waals surface area contributed by atoms with Gasteiger partial charge in [-0.3, -0.25) is 4.98 Å². The van der Waals surface area contributed by atoms with Crippen LogP contribution in [0.15, 0.2) is 41.0 Å². The molecule has 0 unspecified atom stereocenters. The zero-order valence-corrected chi connectivity index (χ0v) is 12.4. The average molecular weight is 323 g/mol. The van der Waals surface area contributed by atoms with Gasteiger partial charge in [-0.15, -0.1) is 0 Å². The molecule has 1 heterocycles. The Labute approximate surface area is 121 Å². The normalized spacial score (nSPS) is 10.7. The number of nitrogens with one attached hydrogen (secondary N) is 1. The fraction of sp³-hybridized carbons (Fsp3) is 0.267. The van der Waals surface area contributed by atoms with Crippen LogP contribution in [-0.2, 0) is 19.5 Å². The molecule has 0 bridgehead atoms. The highest BCUT2D eigenvalue weighted by Crippen LogP contribution is 2.17. The molecule has 1 aromatic heterocycles. The van der Waals surface area contributed by atoms with Crippen LogP contribution >= 0.6 is 15.9 Å². The van der Waals surface area contributed by atoms with Crippen LogP contribution < -0.4 is 5.32 Å². The SMILES string of the molecule is CCc1cccnc1CNCc1cc(F)ccc1Br. The van der Waals surface area contributed by atoms with Gasteiger partial charge >= 0.3 is 0 Å². The number of pyridine rings is 1. The lowest BCUT2D eigenvalue weighted by molar-refractivity contribution is 0.617. The lowest BCUT2D eigenvalue weighted by Gasteiger charge is -2.09. The Bertz CT molecular complexity index is 558. The Kier molecular flexibility index (Phi) is 5.05. The number of rotatable bonds is 5. The fourth-order valence-electron chi connectivity index (χ4n) is 1.95. The summed E-state index contributed by atoms with van der Waals surface area (Å²) in [5.41, 5.74) is 3.21. The molecule has 1 aromatic carbocycles. The summed E-state index contributed by atoms with van der Waals surface area (Å²) in [7, 11) is 0. The Morgan fingerprint density at radius 2 is 2.05 bits per heavy atom. The maximum atomic E-state index is 13.2. The maximum Gasteiger partial charge on any atom is 0.123 e. The molecule has 0 aliphatic rings. The van der Waals surface area contributed by atoms with E-state index in [0.717, 1.165) is 22.2 Å². The molecule has 1 N–H and O–H groups in total. The molecule has 0 amide bonds. The van der Waals surface area contributed by atoms with Crippen LogP contribution in [0.2, 0.25) is 0 Å². The summed E-state index contributed by atoms with van der Waals surface area (Å²) in [6.07, 6.45) is 2.77. The quantitative estimate of drug-likeness (QED) is 0.904. The monoisotopic (exact) mass is 322 g/mol. The first-order valence-electron chi connectivity index (χ1n) is 6.28. The van der Waals surface area contributed by atoms with Crippen molar-refractivity contribution in [3.8, 4) is 0 Å². The van der Waals surface area contributed by atoms with Crippen molar-refractivity contribution in [3.63, 3.8) is 0 Å². The van der Waals surface area contributed by atoms with Gasteiger partial charge < -0.3 is 5.32 Å². The summed E-state index contributed by atoms with van der Waals surface area (Å²) in [6, 6.07) is 8.75. The third-order valence-corrected chi connectivity index (χ3v) is 3.75. The molecular formula is C15H16BrFN2. The second kappa shape index (κ2) is 6.78. The largest absolute Gasteiger partial charge is 0.307 e. The van der Waals surface area contributed by atoms with Crippen molar-refractivity contribution in [3.05, 3.63) is 63.6 Å². The summed E-state index contributed by atoms with van der Waals surface area (Å²) < 4.78 is 14.1. The van der Waals surface area contributed by atoms with Gasteiger partial charge in [-0.1, -0.05) is 28.9 Å². The van der Waals surface area contributed by atoms with E-state index in [9.17, 15) is 4.39 Å². The van der Waals surface area contributed by atoms with Crippen molar-refractivity contribution >= 4 is 15.9 Å². The van der Waals surface area contributed by atoms with E-state index in [0.29, 0.717) is 13.1 Å². The number of hydrogen-bond donors (Lipinski definition) is 1. The van der Waals surface area contributed by atoms with Crippen LogP contribution in [-0.4, -0.2) is 4.98 Å². The predicted molar refractivity (Wildman–Crippen MR) is 78.3 cm³/mol. The topological polar surface area (TPSA) is 24.9 Å². The highest BCUT2D eigenvalue weighted by molar-refractivity contribution is 9.10. The summed E-state index contributed by atoms with van der Waals surface area (Å²) in [5.74, 6) is -0.216. The second-order valence-corrected chi connectivity index (χ2v) is 5.16. The molecule has 2 aromatic rings. The van der Waals surface area contributed by atoms with Crippen molar-refractivity contribution in [1.29, 1.82) is 0 Å². The van der Waals surface area contributed by atoms with E-state index in [1.807, 2.05) is 6.07 Å². The molecule has 2 rings (SSSR count). The van der Waals surface area contributed by atoms with E-state index in [2.05, 4.69) is 39.2 Å². The van der Waals surface area contributed by atoms with Gasteiger partial charge in [0, 0.05) is 23.8 Å². The fourth-order valence-corrected chi connectivity index (χ4v) is 2.33. The van der Waals surface area contributed by atoms with Crippen LogP contribution in [0.1, 0.15) is 23.7 Å². The smallest absolute Gasteiger partial charge is 0.123 e. The predicted octanol–water partition coefficient (Wildman–Crippen LogP) is 3.84. The van der Waals surface area contributed by atoms with E-state index in [1.54, 1.807) is 12.3 Å². The number of halogens is 2. The molecule has 0 radical (unpaired) electrons. The van der Waals surface area contributed by atoms with Gasteiger partial charge in [-0.25, -0.2) is 4.39 Å². The van der Waals surface area contributed by atoms with Crippen molar-refractivity contribution in [2.45, 2.75) is 26.4 Å². The van der Waals surface area contributed by atoms with E-state index < -0.39 is 0 Å². The number of aromatic nitrogens is 1. The van der Waals surface area contributed by atoms with Gasteiger partial charge in [0.25, 0.3) is 0 Å². The minimum atomic E-state index is -0.216. The highest BCUT2D eigenvalue weighted by Gasteiger charge is 2.04. The first-order valence-corrected chi connectivity index (χ1v) is 7.07. The first kappa shape index (κ1) is 14.2. The molecule has 2 nitrogen and oxygen atoms in total. The Hall–Kier alpha value is -1.26. The van der Waals surface area contributed by atoms with Gasteiger partial charge in [-0.2, -0.15) is 0 Å². The summed E-state index contributed by atoms with van der Waals surface area (Å²) in [6.45, 7) is 3.41. The minimum absolute atomic E-state index is 0.216. The van der Waals surface area contributed by atoms with Gasteiger partial charge in [0.05, 0.1) is 5.69 Å². The Morgan fingerprint density at radius 3 is 2.84 bits per heavy atom. The van der Waals surface area contributed by atoms with E-state index >= 15 is 0 Å². The molecule has 0 saturated carbocycles. The molecule has 4 heteroatoms. The van der Waals surface area contributed by atoms with Crippen LogP contribution in [0.3, 0.4) is 0 Å². The molecule has 100 valence electrons. The van der Waals surface area contributed by atoms with Crippen LogP contribution in [0.5, 0.6) is 0 Å². The standard InChI is InChI=1S/C15H16BrFN2/c1-2-11-4-3-7-19-15(11)10-18-9-12-8-13(17)5-6-14(12)16/h3-8,18H,2,9-10H2,1H3. The molecule has 0 aliphatic carbocycles. The lowest BCUT2D eigenvalue weighted by Crippen LogP contribution is -2.15. The molecule has 0 aliphatic heterocycles. The van der Waals surface area contributed by atoms with E-state index in [1.165, 1.54) is 17.7 Å².